The van der Waals surface area contributed by atoms with Crippen molar-refractivity contribution in [2.45, 2.75) is 0 Å². The molecular formula is C15H6ClF2N3O. The topological polar surface area (TPSA) is 69.5 Å². The number of aromatic nitrogens is 2. The van der Waals surface area contributed by atoms with E-state index in [1.807, 2.05) is 6.07 Å². The lowest BCUT2D eigenvalue weighted by Gasteiger charge is -2.07. The van der Waals surface area contributed by atoms with E-state index in [4.69, 9.17) is 16.9 Å². The van der Waals surface area contributed by atoms with Crippen molar-refractivity contribution < 1.29 is 8.78 Å². The molecule has 1 N–H and O–H groups in total. The Balaban J connectivity index is 2.34. The molecule has 108 valence electrons. The van der Waals surface area contributed by atoms with E-state index in [1.54, 1.807) is 0 Å². The first kappa shape index (κ1) is 14.2. The molecule has 2 heterocycles. The van der Waals surface area contributed by atoms with Gasteiger partial charge in [-0.05, 0) is 12.1 Å². The highest BCUT2D eigenvalue weighted by Gasteiger charge is 2.13. The quantitative estimate of drug-likeness (QED) is 0.748. The minimum absolute atomic E-state index is 0.00591. The summed E-state index contributed by atoms with van der Waals surface area (Å²) >= 11 is 6.01. The highest BCUT2D eigenvalue weighted by atomic mass is 35.5. The number of pyridine rings is 2. The third-order valence-electron chi connectivity index (χ3n) is 3.11. The van der Waals surface area contributed by atoms with E-state index in [0.717, 1.165) is 12.1 Å². The normalized spacial score (nSPS) is 10.6. The Kier molecular flexibility index (Phi) is 3.35. The zero-order chi connectivity index (χ0) is 15.9. The molecule has 0 fully saturated rings. The second-order valence-electron chi connectivity index (χ2n) is 4.52. The number of fused-ring (bicyclic) bond motifs is 1. The smallest absolute Gasteiger partial charge is 0.192 e. The van der Waals surface area contributed by atoms with Gasteiger partial charge in [0.15, 0.2) is 5.43 Å². The first-order valence-electron chi connectivity index (χ1n) is 6.07. The van der Waals surface area contributed by atoms with Gasteiger partial charge in [-0.3, -0.25) is 4.79 Å². The Bertz CT molecular complexity index is 1010. The predicted octanol–water partition coefficient (Wildman–Crippen LogP) is 3.39. The number of halogens is 3. The van der Waals surface area contributed by atoms with Crippen LogP contribution in [-0.2, 0) is 0 Å². The van der Waals surface area contributed by atoms with Gasteiger partial charge in [0.2, 0.25) is 0 Å². The molecule has 3 aromatic rings. The van der Waals surface area contributed by atoms with Crippen LogP contribution in [0.2, 0.25) is 5.02 Å². The van der Waals surface area contributed by atoms with Crippen molar-refractivity contribution in [1.82, 2.24) is 9.97 Å². The molecule has 0 aliphatic carbocycles. The van der Waals surface area contributed by atoms with Crippen LogP contribution < -0.4 is 5.43 Å². The van der Waals surface area contributed by atoms with Crippen LogP contribution in [-0.4, -0.2) is 9.97 Å². The number of nitrogens with one attached hydrogen (secondary N) is 1. The molecule has 0 atom stereocenters. The van der Waals surface area contributed by atoms with Crippen molar-refractivity contribution in [3.05, 3.63) is 63.0 Å². The maximum absolute atomic E-state index is 13.7. The number of nitrogens with zero attached hydrogens (tertiary/aromatic N) is 2. The summed E-state index contributed by atoms with van der Waals surface area (Å²) in [6.07, 6.45) is 1.27. The van der Waals surface area contributed by atoms with E-state index in [9.17, 15) is 13.6 Å². The molecule has 2 aromatic heterocycles. The van der Waals surface area contributed by atoms with Gasteiger partial charge >= 0.3 is 0 Å². The maximum atomic E-state index is 13.7. The molecular weight excluding hydrogens is 312 g/mol. The minimum atomic E-state index is -0.943. The zero-order valence-corrected chi connectivity index (χ0v) is 11.6. The Morgan fingerprint density at radius 2 is 2.00 bits per heavy atom. The number of H-pyrrole nitrogens is 1. The van der Waals surface area contributed by atoms with Crippen LogP contribution in [0.15, 0.2) is 35.3 Å². The number of hydrogen-bond acceptors (Lipinski definition) is 3. The fourth-order valence-corrected chi connectivity index (χ4v) is 2.36. The van der Waals surface area contributed by atoms with E-state index in [1.165, 1.54) is 12.3 Å². The standard InChI is InChI=1S/C15H6ClF2N3O/c16-10-6-20-8(5-19)3-9(10)12-4-14(22)15-11(18)1-7(17)2-13(15)21-12/h1-4,6H,(H,21,22). The van der Waals surface area contributed by atoms with Crippen molar-refractivity contribution in [3.8, 4) is 17.3 Å². The number of hydrogen-bond donors (Lipinski definition) is 1. The molecule has 0 unspecified atom stereocenters. The number of aromatic amines is 1. The SMILES string of the molecule is N#Cc1cc(-c2cc(=O)c3c(F)cc(F)cc3[nH]2)c(Cl)cn1. The van der Waals surface area contributed by atoms with Crippen LogP contribution in [0.1, 0.15) is 5.69 Å². The van der Waals surface area contributed by atoms with Crippen molar-refractivity contribution in [2.24, 2.45) is 0 Å². The molecule has 0 radical (unpaired) electrons. The fourth-order valence-electron chi connectivity index (χ4n) is 2.16. The Hall–Kier alpha value is -2.78. The van der Waals surface area contributed by atoms with Gasteiger partial charge in [0.1, 0.15) is 23.4 Å². The second-order valence-corrected chi connectivity index (χ2v) is 4.93. The predicted molar refractivity (Wildman–Crippen MR) is 77.4 cm³/mol. The molecule has 1 aromatic carbocycles. The Morgan fingerprint density at radius 3 is 2.73 bits per heavy atom. The third kappa shape index (κ3) is 2.32. The van der Waals surface area contributed by atoms with E-state index in [2.05, 4.69) is 9.97 Å². The summed E-state index contributed by atoms with van der Waals surface area (Å²) in [5.74, 6) is -1.75. The van der Waals surface area contributed by atoms with Gasteiger partial charge < -0.3 is 4.98 Å². The summed E-state index contributed by atoms with van der Waals surface area (Å²) in [5.41, 5.74) is 0.0769. The summed E-state index contributed by atoms with van der Waals surface area (Å²) < 4.78 is 27.0. The highest BCUT2D eigenvalue weighted by molar-refractivity contribution is 6.33. The Morgan fingerprint density at radius 1 is 1.23 bits per heavy atom. The summed E-state index contributed by atoms with van der Waals surface area (Å²) in [6, 6.07) is 6.04. The van der Waals surface area contributed by atoms with Crippen LogP contribution >= 0.6 is 11.6 Å². The number of nitriles is 1. The lowest BCUT2D eigenvalue weighted by Crippen LogP contribution is -2.06. The van der Waals surface area contributed by atoms with Crippen molar-refractivity contribution in [1.29, 1.82) is 5.26 Å². The molecule has 0 saturated carbocycles. The van der Waals surface area contributed by atoms with E-state index in [-0.39, 0.29) is 27.3 Å². The molecule has 0 spiro atoms. The molecule has 7 heteroatoms. The van der Waals surface area contributed by atoms with Gasteiger partial charge in [-0.1, -0.05) is 11.6 Å². The monoisotopic (exact) mass is 317 g/mol. The molecule has 0 bridgehead atoms. The van der Waals surface area contributed by atoms with E-state index < -0.39 is 17.1 Å². The Labute approximate surface area is 127 Å². The van der Waals surface area contributed by atoms with Gasteiger partial charge in [0.05, 0.1) is 21.6 Å². The molecule has 4 nitrogen and oxygen atoms in total. The summed E-state index contributed by atoms with van der Waals surface area (Å²) in [4.78, 5) is 18.6. The fraction of sp³-hybridized carbons (Fsp3) is 0. The van der Waals surface area contributed by atoms with Gasteiger partial charge in [0.25, 0.3) is 0 Å². The van der Waals surface area contributed by atoms with Crippen molar-refractivity contribution in [3.63, 3.8) is 0 Å². The number of rotatable bonds is 1. The minimum Gasteiger partial charge on any atom is -0.354 e. The lowest BCUT2D eigenvalue weighted by molar-refractivity contribution is 0.591. The first-order valence-corrected chi connectivity index (χ1v) is 6.45. The molecule has 0 aliphatic rings. The largest absolute Gasteiger partial charge is 0.354 e. The third-order valence-corrected chi connectivity index (χ3v) is 3.41. The molecule has 22 heavy (non-hydrogen) atoms. The van der Waals surface area contributed by atoms with Crippen LogP contribution in [0.3, 0.4) is 0 Å². The lowest BCUT2D eigenvalue weighted by atomic mass is 10.1. The van der Waals surface area contributed by atoms with Gasteiger partial charge in [-0.25, -0.2) is 13.8 Å². The molecule has 0 amide bonds. The van der Waals surface area contributed by atoms with Crippen molar-refractivity contribution >= 4 is 22.5 Å². The molecule has 0 saturated heterocycles. The first-order chi connectivity index (χ1) is 10.5. The van der Waals surface area contributed by atoms with Crippen LogP contribution in [0, 0.1) is 23.0 Å². The zero-order valence-electron chi connectivity index (χ0n) is 10.8. The van der Waals surface area contributed by atoms with Crippen LogP contribution in [0.4, 0.5) is 8.78 Å². The molecule has 0 aliphatic heterocycles. The summed E-state index contributed by atoms with van der Waals surface area (Å²) in [6.45, 7) is 0. The van der Waals surface area contributed by atoms with Gasteiger partial charge in [0, 0.05) is 23.9 Å². The average molecular weight is 318 g/mol. The molecule has 3 rings (SSSR count). The summed E-state index contributed by atoms with van der Waals surface area (Å²) in [7, 11) is 0. The van der Waals surface area contributed by atoms with E-state index >= 15 is 0 Å². The highest BCUT2D eigenvalue weighted by Crippen LogP contribution is 2.27. The van der Waals surface area contributed by atoms with Gasteiger partial charge in [-0.2, -0.15) is 5.26 Å². The van der Waals surface area contributed by atoms with E-state index in [0.29, 0.717) is 11.6 Å². The maximum Gasteiger partial charge on any atom is 0.192 e. The van der Waals surface area contributed by atoms with Crippen LogP contribution in [0.25, 0.3) is 22.2 Å². The second kappa shape index (κ2) is 5.20. The average Bonchev–Trinajstić information content (AvgIpc) is 2.46. The van der Waals surface area contributed by atoms with Crippen molar-refractivity contribution in [2.75, 3.05) is 0 Å². The van der Waals surface area contributed by atoms with Crippen LogP contribution in [0.5, 0.6) is 0 Å². The summed E-state index contributed by atoms with van der Waals surface area (Å²) in [5, 5.41) is 8.83. The van der Waals surface area contributed by atoms with Gasteiger partial charge in [-0.15, -0.1) is 0 Å². The number of benzene rings is 1.